The van der Waals surface area contributed by atoms with E-state index in [-0.39, 0.29) is 5.91 Å². The molecule has 4 rings (SSSR count). The molecule has 138 valence electrons. The summed E-state index contributed by atoms with van der Waals surface area (Å²) in [4.78, 5) is 18.6. The number of pyridine rings is 1. The molecular weight excluding hydrogens is 360 g/mol. The van der Waals surface area contributed by atoms with E-state index in [1.54, 1.807) is 13.0 Å². The van der Waals surface area contributed by atoms with Crippen molar-refractivity contribution in [2.24, 2.45) is 0 Å². The molecule has 0 aliphatic heterocycles. The number of nitriles is 1. The third kappa shape index (κ3) is 3.21. The Bertz CT molecular complexity index is 1070. The fourth-order valence-corrected chi connectivity index (χ4v) is 4.93. The summed E-state index contributed by atoms with van der Waals surface area (Å²) in [5.74, 6) is -0.262. The SMILES string of the molecule is Cc1cc(C(=O)Nc2sc3c(c2C#N)CCCCCC3)c2c(C)noc2n1. The molecule has 1 aliphatic carbocycles. The maximum absolute atomic E-state index is 13.0. The first-order valence-electron chi connectivity index (χ1n) is 9.18. The predicted molar refractivity (Wildman–Crippen MR) is 104 cm³/mol. The predicted octanol–water partition coefficient (Wildman–Crippen LogP) is 4.68. The average molecular weight is 380 g/mol. The van der Waals surface area contributed by atoms with Crippen LogP contribution in [0.15, 0.2) is 10.6 Å². The van der Waals surface area contributed by atoms with Gasteiger partial charge in [0.1, 0.15) is 11.1 Å². The quantitative estimate of drug-likeness (QED) is 0.696. The molecule has 0 aromatic carbocycles. The van der Waals surface area contributed by atoms with Crippen LogP contribution in [0.4, 0.5) is 5.00 Å². The number of aromatic nitrogens is 2. The van der Waals surface area contributed by atoms with Crippen molar-refractivity contribution in [3.63, 3.8) is 0 Å². The highest BCUT2D eigenvalue weighted by Crippen LogP contribution is 2.37. The minimum absolute atomic E-state index is 0.262. The van der Waals surface area contributed by atoms with Gasteiger partial charge in [-0.25, -0.2) is 4.98 Å². The summed E-state index contributed by atoms with van der Waals surface area (Å²) >= 11 is 1.54. The van der Waals surface area contributed by atoms with E-state index in [1.165, 1.54) is 29.1 Å². The number of nitrogens with zero attached hydrogens (tertiary/aromatic N) is 3. The number of carbonyl (C=O) groups is 1. The summed E-state index contributed by atoms with van der Waals surface area (Å²) in [5, 5.41) is 17.9. The highest BCUT2D eigenvalue weighted by atomic mass is 32.1. The molecule has 0 fully saturated rings. The molecule has 3 heterocycles. The zero-order valence-corrected chi connectivity index (χ0v) is 16.2. The van der Waals surface area contributed by atoms with Crippen LogP contribution in [0.25, 0.3) is 11.1 Å². The van der Waals surface area contributed by atoms with Gasteiger partial charge in [-0.15, -0.1) is 11.3 Å². The monoisotopic (exact) mass is 380 g/mol. The van der Waals surface area contributed by atoms with E-state index in [2.05, 4.69) is 21.5 Å². The molecule has 0 spiro atoms. The lowest BCUT2D eigenvalue weighted by atomic mass is 9.97. The number of rotatable bonds is 2. The fourth-order valence-electron chi connectivity index (χ4n) is 3.69. The van der Waals surface area contributed by atoms with E-state index >= 15 is 0 Å². The summed E-state index contributed by atoms with van der Waals surface area (Å²) in [6, 6.07) is 4.05. The minimum Gasteiger partial charge on any atom is -0.336 e. The molecule has 1 aliphatic rings. The molecule has 1 amide bonds. The lowest BCUT2D eigenvalue weighted by molar-refractivity contribution is 0.102. The molecular formula is C20H20N4O2S. The first-order chi connectivity index (χ1) is 13.1. The molecule has 3 aromatic heterocycles. The van der Waals surface area contributed by atoms with Gasteiger partial charge in [0.15, 0.2) is 0 Å². The molecule has 6 nitrogen and oxygen atoms in total. The third-order valence-corrected chi connectivity index (χ3v) is 6.21. The summed E-state index contributed by atoms with van der Waals surface area (Å²) in [6.45, 7) is 3.60. The Morgan fingerprint density at radius 1 is 1.26 bits per heavy atom. The highest BCUT2D eigenvalue weighted by Gasteiger charge is 2.23. The Morgan fingerprint density at radius 2 is 2.04 bits per heavy atom. The van der Waals surface area contributed by atoms with Crippen LogP contribution in [-0.2, 0) is 12.8 Å². The molecule has 27 heavy (non-hydrogen) atoms. The Morgan fingerprint density at radius 3 is 2.81 bits per heavy atom. The first kappa shape index (κ1) is 17.7. The number of fused-ring (bicyclic) bond motifs is 2. The normalized spacial score (nSPS) is 14.3. The van der Waals surface area contributed by atoms with Crippen molar-refractivity contribution in [1.82, 2.24) is 10.1 Å². The maximum atomic E-state index is 13.0. The lowest BCUT2D eigenvalue weighted by Gasteiger charge is -2.08. The second-order valence-electron chi connectivity index (χ2n) is 6.95. The smallest absolute Gasteiger partial charge is 0.258 e. The van der Waals surface area contributed by atoms with Crippen molar-refractivity contribution in [3.05, 3.63) is 39.0 Å². The number of hydrogen-bond donors (Lipinski definition) is 1. The van der Waals surface area contributed by atoms with E-state index < -0.39 is 0 Å². The number of carbonyl (C=O) groups excluding carboxylic acids is 1. The van der Waals surface area contributed by atoms with Gasteiger partial charge in [-0.05, 0) is 51.2 Å². The molecule has 0 radical (unpaired) electrons. The minimum atomic E-state index is -0.262. The van der Waals surface area contributed by atoms with E-state index in [0.717, 1.165) is 31.2 Å². The molecule has 0 unspecified atom stereocenters. The Kier molecular flexibility index (Phi) is 4.66. The van der Waals surface area contributed by atoms with Crippen molar-refractivity contribution < 1.29 is 9.32 Å². The lowest BCUT2D eigenvalue weighted by Crippen LogP contribution is -2.13. The second-order valence-corrected chi connectivity index (χ2v) is 8.05. The summed E-state index contributed by atoms with van der Waals surface area (Å²) in [5.41, 5.74) is 3.88. The largest absolute Gasteiger partial charge is 0.336 e. The second kappa shape index (κ2) is 7.12. The fraction of sp³-hybridized carbons (Fsp3) is 0.400. The number of anilines is 1. The zero-order chi connectivity index (χ0) is 19.0. The number of aryl methyl sites for hydroxylation is 3. The van der Waals surface area contributed by atoms with Crippen molar-refractivity contribution in [2.75, 3.05) is 5.32 Å². The zero-order valence-electron chi connectivity index (χ0n) is 15.4. The number of thiophene rings is 1. The van der Waals surface area contributed by atoms with Crippen LogP contribution in [0.2, 0.25) is 0 Å². The van der Waals surface area contributed by atoms with Crippen LogP contribution >= 0.6 is 11.3 Å². The van der Waals surface area contributed by atoms with Crippen molar-refractivity contribution in [3.8, 4) is 6.07 Å². The molecule has 3 aromatic rings. The van der Waals surface area contributed by atoms with E-state index in [1.807, 2.05) is 6.92 Å². The van der Waals surface area contributed by atoms with Gasteiger partial charge in [-0.3, -0.25) is 4.79 Å². The van der Waals surface area contributed by atoms with Gasteiger partial charge in [0.05, 0.1) is 22.2 Å². The number of nitrogens with one attached hydrogen (secondary N) is 1. The molecule has 1 N–H and O–H groups in total. The molecule has 0 saturated carbocycles. The Labute approximate surface area is 161 Å². The number of hydrogen-bond acceptors (Lipinski definition) is 6. The summed E-state index contributed by atoms with van der Waals surface area (Å²) in [6.07, 6.45) is 6.54. The van der Waals surface area contributed by atoms with E-state index in [0.29, 0.717) is 38.6 Å². The third-order valence-electron chi connectivity index (χ3n) is 5.00. The Balaban J connectivity index is 1.73. The van der Waals surface area contributed by atoms with Gasteiger partial charge < -0.3 is 9.84 Å². The molecule has 0 bridgehead atoms. The van der Waals surface area contributed by atoms with Crippen molar-refractivity contribution in [2.45, 2.75) is 52.4 Å². The van der Waals surface area contributed by atoms with Crippen LogP contribution < -0.4 is 5.32 Å². The maximum Gasteiger partial charge on any atom is 0.258 e. The van der Waals surface area contributed by atoms with Crippen LogP contribution in [-0.4, -0.2) is 16.0 Å². The standard InChI is InChI=1S/C20H20N4O2S/c1-11-9-14(17-12(2)24-26-19(17)22-11)18(25)23-20-15(10-21)13-7-5-3-4-6-8-16(13)27-20/h9H,3-8H2,1-2H3,(H,23,25). The van der Waals surface area contributed by atoms with Crippen molar-refractivity contribution in [1.29, 1.82) is 5.26 Å². The van der Waals surface area contributed by atoms with Crippen LogP contribution in [0.3, 0.4) is 0 Å². The number of amides is 1. The van der Waals surface area contributed by atoms with Gasteiger partial charge in [0.25, 0.3) is 11.6 Å². The van der Waals surface area contributed by atoms with Gasteiger partial charge in [0.2, 0.25) is 0 Å². The van der Waals surface area contributed by atoms with E-state index in [4.69, 9.17) is 4.52 Å². The first-order valence-corrected chi connectivity index (χ1v) is 9.99. The van der Waals surface area contributed by atoms with Gasteiger partial charge in [0, 0.05) is 10.6 Å². The van der Waals surface area contributed by atoms with E-state index in [9.17, 15) is 10.1 Å². The molecule has 0 saturated heterocycles. The topological polar surface area (TPSA) is 91.8 Å². The molecule has 0 atom stereocenters. The van der Waals surface area contributed by atoms with Gasteiger partial charge >= 0.3 is 0 Å². The molecule has 7 heteroatoms. The summed E-state index contributed by atoms with van der Waals surface area (Å²) in [7, 11) is 0. The summed E-state index contributed by atoms with van der Waals surface area (Å²) < 4.78 is 5.22. The van der Waals surface area contributed by atoms with Crippen LogP contribution in [0, 0.1) is 25.2 Å². The van der Waals surface area contributed by atoms with Crippen molar-refractivity contribution >= 4 is 33.3 Å². The average Bonchev–Trinajstić information content (AvgIpc) is 3.14. The Hall–Kier alpha value is -2.72. The van der Waals surface area contributed by atoms with Gasteiger partial charge in [-0.1, -0.05) is 18.0 Å². The van der Waals surface area contributed by atoms with Crippen LogP contribution in [0.1, 0.15) is 63.4 Å². The van der Waals surface area contributed by atoms with Gasteiger partial charge in [-0.2, -0.15) is 5.26 Å². The van der Waals surface area contributed by atoms with Crippen LogP contribution in [0.5, 0.6) is 0 Å². The highest BCUT2D eigenvalue weighted by molar-refractivity contribution is 7.16.